The van der Waals surface area contributed by atoms with Crippen LogP contribution in [-0.2, 0) is 4.79 Å². The van der Waals surface area contributed by atoms with Crippen molar-refractivity contribution >= 4 is 17.3 Å². The zero-order chi connectivity index (χ0) is 19.1. The van der Waals surface area contributed by atoms with Crippen LogP contribution < -0.4 is 10.2 Å². The van der Waals surface area contributed by atoms with Crippen molar-refractivity contribution in [3.63, 3.8) is 0 Å². The molecular weight excluding hydrogens is 341 g/mol. The van der Waals surface area contributed by atoms with E-state index in [0.29, 0.717) is 5.92 Å². The third-order valence-electron chi connectivity index (χ3n) is 6.31. The lowest BCUT2D eigenvalue weighted by Gasteiger charge is -2.34. The lowest BCUT2D eigenvalue weighted by molar-refractivity contribution is -0.385. The highest BCUT2D eigenvalue weighted by Crippen LogP contribution is 2.63. The van der Waals surface area contributed by atoms with Crippen LogP contribution in [0.25, 0.3) is 0 Å². The topological polar surface area (TPSA) is 93.8 Å². The number of rotatable bonds is 5. The molecule has 0 aliphatic heterocycles. The number of benzene rings is 1. The molecule has 2 atom stereocenters. The Morgan fingerprint density at radius 3 is 2.77 bits per heavy atom. The summed E-state index contributed by atoms with van der Waals surface area (Å²) in [7, 11) is 0. The van der Waals surface area contributed by atoms with E-state index in [1.807, 2.05) is 0 Å². The van der Waals surface area contributed by atoms with Gasteiger partial charge in [-0.3, -0.25) is 14.9 Å². The molecule has 2 fully saturated rings. The molecule has 2 saturated carbocycles. The zero-order valence-corrected chi connectivity index (χ0v) is 15.0. The molecule has 7 nitrogen and oxygen atoms in total. The van der Waals surface area contributed by atoms with Crippen LogP contribution in [-0.4, -0.2) is 23.1 Å². The predicted octanol–water partition coefficient (Wildman–Crippen LogP) is 3.43. The second-order valence-electron chi connectivity index (χ2n) is 7.74. The molecule has 0 radical (unpaired) electrons. The number of nitrogens with zero attached hydrogens (tertiary/aromatic N) is 2. The second-order valence-corrected chi connectivity index (χ2v) is 7.74. The van der Waals surface area contributed by atoms with Gasteiger partial charge < -0.3 is 4.74 Å². The minimum absolute atomic E-state index is 0.0346. The van der Waals surface area contributed by atoms with Crippen LogP contribution in [0, 0.1) is 32.7 Å². The fraction of sp³-hybridized carbons (Fsp3) is 0.556. The van der Waals surface area contributed by atoms with Crippen molar-refractivity contribution in [1.29, 1.82) is 0 Å². The number of nitro groups is 1. The molecule has 1 N–H and O–H groups in total. The van der Waals surface area contributed by atoms with Crippen LogP contribution in [0.4, 0.5) is 10.1 Å². The summed E-state index contributed by atoms with van der Waals surface area (Å²) in [4.78, 5) is 22.2. The van der Waals surface area contributed by atoms with Gasteiger partial charge in [-0.25, -0.2) is 9.82 Å². The minimum Gasteiger partial charge on any atom is -0.477 e. The van der Waals surface area contributed by atoms with Crippen molar-refractivity contribution in [3.05, 3.63) is 34.1 Å². The van der Waals surface area contributed by atoms with Gasteiger partial charge in [0, 0.05) is 23.3 Å². The van der Waals surface area contributed by atoms with Crippen LogP contribution >= 0.6 is 0 Å². The van der Waals surface area contributed by atoms with E-state index in [1.54, 1.807) is 0 Å². The largest absolute Gasteiger partial charge is 0.477 e. The first-order valence-corrected chi connectivity index (χ1v) is 8.58. The van der Waals surface area contributed by atoms with Crippen LogP contribution in [0.2, 0.25) is 0 Å². The van der Waals surface area contributed by atoms with Crippen molar-refractivity contribution in [3.8, 4) is 5.75 Å². The molecule has 3 rings (SSSR count). The lowest BCUT2D eigenvalue weighted by atomic mass is 9.70. The SMILES string of the molecule is CC1(C)[C@H]2CC[C@]1(C)C(=NNC(=O)COc1cc(F)ccc1[N+](=O)[O-])C2. The number of hydrogen-bond acceptors (Lipinski definition) is 5. The Labute approximate surface area is 150 Å². The van der Waals surface area contributed by atoms with Gasteiger partial charge >= 0.3 is 5.69 Å². The summed E-state index contributed by atoms with van der Waals surface area (Å²) in [5.74, 6) is -0.941. The molecule has 0 heterocycles. The highest BCUT2D eigenvalue weighted by molar-refractivity contribution is 5.95. The number of hydrogen-bond donors (Lipinski definition) is 1. The maximum Gasteiger partial charge on any atom is 0.311 e. The molecule has 1 amide bonds. The monoisotopic (exact) mass is 363 g/mol. The van der Waals surface area contributed by atoms with E-state index < -0.39 is 28.9 Å². The fourth-order valence-corrected chi connectivity index (χ4v) is 4.16. The van der Waals surface area contributed by atoms with Gasteiger partial charge in [0.25, 0.3) is 5.91 Å². The van der Waals surface area contributed by atoms with Gasteiger partial charge in [-0.15, -0.1) is 0 Å². The van der Waals surface area contributed by atoms with Gasteiger partial charge in [0.05, 0.1) is 4.92 Å². The van der Waals surface area contributed by atoms with Gasteiger partial charge in [-0.1, -0.05) is 20.8 Å². The van der Waals surface area contributed by atoms with E-state index in [1.165, 1.54) is 6.42 Å². The van der Waals surface area contributed by atoms with E-state index in [4.69, 9.17) is 4.74 Å². The van der Waals surface area contributed by atoms with Crippen molar-refractivity contribution in [2.24, 2.45) is 21.8 Å². The first kappa shape index (κ1) is 18.3. The van der Waals surface area contributed by atoms with Crippen molar-refractivity contribution in [1.82, 2.24) is 5.43 Å². The number of ether oxygens (including phenoxy) is 1. The highest BCUT2D eigenvalue weighted by Gasteiger charge is 2.60. The number of carbonyl (C=O) groups is 1. The van der Waals surface area contributed by atoms with Crippen LogP contribution in [0.15, 0.2) is 23.3 Å². The first-order chi connectivity index (χ1) is 12.1. The van der Waals surface area contributed by atoms with Gasteiger partial charge in [-0.05, 0) is 36.7 Å². The molecule has 8 heteroatoms. The Morgan fingerprint density at radius 1 is 1.46 bits per heavy atom. The summed E-state index contributed by atoms with van der Waals surface area (Å²) in [6.45, 7) is 6.17. The maximum atomic E-state index is 13.3. The molecule has 0 unspecified atom stereocenters. The van der Waals surface area contributed by atoms with Crippen LogP contribution in [0.1, 0.15) is 40.0 Å². The molecule has 2 bridgehead atoms. The summed E-state index contributed by atoms with van der Waals surface area (Å²) >= 11 is 0. The number of hydrazone groups is 1. The molecule has 0 saturated heterocycles. The lowest BCUT2D eigenvalue weighted by Crippen LogP contribution is -2.35. The van der Waals surface area contributed by atoms with Gasteiger partial charge in [0.15, 0.2) is 6.61 Å². The van der Waals surface area contributed by atoms with Crippen molar-refractivity contribution in [2.45, 2.75) is 40.0 Å². The normalized spacial score (nSPS) is 27.5. The third-order valence-corrected chi connectivity index (χ3v) is 6.31. The van der Waals surface area contributed by atoms with E-state index in [-0.39, 0.29) is 16.6 Å². The molecular formula is C18H22FN3O4. The molecule has 1 aromatic rings. The van der Waals surface area contributed by atoms with Crippen molar-refractivity contribution in [2.75, 3.05) is 6.61 Å². The summed E-state index contributed by atoms with van der Waals surface area (Å²) in [6.07, 6.45) is 3.08. The molecule has 2 aliphatic rings. The Morgan fingerprint density at radius 2 is 2.19 bits per heavy atom. The van der Waals surface area contributed by atoms with Crippen LogP contribution in [0.3, 0.4) is 0 Å². The number of nitrogens with one attached hydrogen (secondary N) is 1. The zero-order valence-electron chi connectivity index (χ0n) is 15.0. The Kier molecular flexibility index (Phi) is 4.46. The predicted molar refractivity (Wildman–Crippen MR) is 93.4 cm³/mol. The average Bonchev–Trinajstić information content (AvgIpc) is 2.91. The summed E-state index contributed by atoms with van der Waals surface area (Å²) in [5.41, 5.74) is 3.16. The van der Waals surface area contributed by atoms with E-state index in [0.717, 1.165) is 36.8 Å². The Bertz CT molecular complexity index is 793. The Hall–Kier alpha value is -2.51. The molecule has 0 aromatic heterocycles. The number of nitro benzene ring substituents is 1. The molecule has 140 valence electrons. The quantitative estimate of drug-likeness (QED) is 0.640. The highest BCUT2D eigenvalue weighted by atomic mass is 19.1. The molecule has 1 aromatic carbocycles. The fourth-order valence-electron chi connectivity index (χ4n) is 4.16. The number of carbonyl (C=O) groups excluding carboxylic acids is 1. The first-order valence-electron chi connectivity index (χ1n) is 8.58. The second kappa shape index (κ2) is 6.34. The average molecular weight is 363 g/mol. The number of halogens is 1. The molecule has 0 spiro atoms. The summed E-state index contributed by atoms with van der Waals surface area (Å²) < 4.78 is 18.4. The number of amides is 1. The van der Waals surface area contributed by atoms with Gasteiger partial charge in [0.1, 0.15) is 5.82 Å². The third kappa shape index (κ3) is 2.93. The minimum atomic E-state index is -0.689. The molecule has 2 aliphatic carbocycles. The van der Waals surface area contributed by atoms with Crippen LogP contribution in [0.5, 0.6) is 5.75 Å². The van der Waals surface area contributed by atoms with E-state index in [2.05, 4.69) is 31.3 Å². The van der Waals surface area contributed by atoms with Gasteiger partial charge in [0.2, 0.25) is 5.75 Å². The van der Waals surface area contributed by atoms with Gasteiger partial charge in [-0.2, -0.15) is 5.10 Å². The maximum absolute atomic E-state index is 13.3. The standard InChI is InChI=1S/C18H22FN3O4/c1-17(2)11-6-7-18(17,3)15(8-11)20-21-16(23)10-26-14-9-12(19)4-5-13(14)22(24)25/h4-5,9,11H,6-8,10H2,1-3H3,(H,21,23)/t11-,18+/m0/s1. The van der Waals surface area contributed by atoms with E-state index in [9.17, 15) is 19.3 Å². The smallest absolute Gasteiger partial charge is 0.311 e. The summed E-state index contributed by atoms with van der Waals surface area (Å²) in [5, 5.41) is 15.2. The van der Waals surface area contributed by atoms with E-state index >= 15 is 0 Å². The molecule has 26 heavy (non-hydrogen) atoms. The number of fused-ring (bicyclic) bond motifs is 2. The summed E-state index contributed by atoms with van der Waals surface area (Å²) in [6, 6.07) is 2.85. The van der Waals surface area contributed by atoms with Crippen molar-refractivity contribution < 1.29 is 18.8 Å². The Balaban J connectivity index is 1.63.